The van der Waals surface area contributed by atoms with Gasteiger partial charge in [0.25, 0.3) is 0 Å². The van der Waals surface area contributed by atoms with Gasteiger partial charge < -0.3 is 4.74 Å². The lowest BCUT2D eigenvalue weighted by Crippen LogP contribution is -2.24. The van der Waals surface area contributed by atoms with Crippen LogP contribution in [-0.2, 0) is 22.4 Å². The summed E-state index contributed by atoms with van der Waals surface area (Å²) in [5, 5.41) is 2.74. The first-order valence-electron chi connectivity index (χ1n) is 5.95. The van der Waals surface area contributed by atoms with Crippen LogP contribution in [0.15, 0.2) is 35.8 Å². The number of carbonyl (C=O) groups is 1. The highest BCUT2D eigenvalue weighted by Crippen LogP contribution is 2.28. The highest BCUT2D eigenvalue weighted by Gasteiger charge is 2.27. The number of Topliss-reactive ketones (excluding diaryl/α,β-unsaturated/α-hetero) is 1. The van der Waals surface area contributed by atoms with Crippen LogP contribution >= 0.6 is 11.3 Å². The maximum Gasteiger partial charge on any atom is 0.172 e. The highest BCUT2D eigenvalue weighted by molar-refractivity contribution is 7.09. The average Bonchev–Trinajstić information content (AvgIpc) is 2.91. The Labute approximate surface area is 109 Å². The molecule has 3 nitrogen and oxygen atoms in total. The maximum atomic E-state index is 12.3. The van der Waals surface area contributed by atoms with E-state index in [-0.39, 0.29) is 5.78 Å². The molecule has 0 saturated carbocycles. The van der Waals surface area contributed by atoms with Crippen LogP contribution in [0, 0.1) is 0 Å². The number of ketones is 1. The molecule has 0 saturated heterocycles. The van der Waals surface area contributed by atoms with Gasteiger partial charge in [0.15, 0.2) is 5.78 Å². The summed E-state index contributed by atoms with van der Waals surface area (Å²) in [5.41, 5.74) is 2.24. The van der Waals surface area contributed by atoms with Crippen LogP contribution in [0.1, 0.15) is 22.2 Å². The summed E-state index contributed by atoms with van der Waals surface area (Å²) in [6.45, 7) is 0.616. The number of fused-ring (bicyclic) bond motifs is 1. The van der Waals surface area contributed by atoms with E-state index in [1.54, 1.807) is 6.20 Å². The molecule has 1 aliphatic rings. The third-order valence-corrected chi connectivity index (χ3v) is 3.87. The summed E-state index contributed by atoms with van der Waals surface area (Å²) in [6, 6.07) is 8.02. The van der Waals surface area contributed by atoms with Crippen molar-refractivity contribution in [3.8, 4) is 0 Å². The fourth-order valence-corrected chi connectivity index (χ4v) is 2.87. The molecule has 4 heteroatoms. The zero-order valence-electron chi connectivity index (χ0n) is 9.83. The number of rotatable bonds is 3. The minimum absolute atomic E-state index is 0.0945. The van der Waals surface area contributed by atoms with Gasteiger partial charge in [-0.3, -0.25) is 4.79 Å². The van der Waals surface area contributed by atoms with Gasteiger partial charge in [-0.25, -0.2) is 4.98 Å². The van der Waals surface area contributed by atoms with Gasteiger partial charge in [-0.15, -0.1) is 11.3 Å². The summed E-state index contributed by atoms with van der Waals surface area (Å²) < 4.78 is 5.64. The Kier molecular flexibility index (Phi) is 3.21. The number of hydrogen-bond acceptors (Lipinski definition) is 4. The predicted octanol–water partition coefficient (Wildman–Crippen LogP) is 2.57. The molecule has 1 aromatic carbocycles. The van der Waals surface area contributed by atoms with Crippen LogP contribution < -0.4 is 0 Å². The SMILES string of the molecule is O=C(Cc1nccs1)C1OCCc2ccccc21. The second-order valence-electron chi connectivity index (χ2n) is 4.27. The molecule has 92 valence electrons. The Balaban J connectivity index is 1.83. The molecule has 1 unspecified atom stereocenters. The number of carbonyl (C=O) groups excluding carboxylic acids is 1. The molecular formula is C14H13NO2S. The van der Waals surface area contributed by atoms with Gasteiger partial charge in [-0.1, -0.05) is 24.3 Å². The van der Waals surface area contributed by atoms with Crippen molar-refractivity contribution in [2.75, 3.05) is 6.61 Å². The molecule has 0 radical (unpaired) electrons. The third kappa shape index (κ3) is 2.21. The molecule has 2 aromatic rings. The molecular weight excluding hydrogens is 246 g/mol. The normalized spacial score (nSPS) is 18.3. The Morgan fingerprint density at radius 2 is 2.33 bits per heavy atom. The number of thiazole rings is 1. The lowest BCUT2D eigenvalue weighted by molar-refractivity contribution is -0.131. The van der Waals surface area contributed by atoms with E-state index in [2.05, 4.69) is 11.1 Å². The van der Waals surface area contributed by atoms with Gasteiger partial charge in [0.05, 0.1) is 18.0 Å². The molecule has 0 bridgehead atoms. The Morgan fingerprint density at radius 3 is 3.17 bits per heavy atom. The van der Waals surface area contributed by atoms with E-state index < -0.39 is 6.10 Å². The average molecular weight is 259 g/mol. The lowest BCUT2D eigenvalue weighted by atomic mass is 9.94. The van der Waals surface area contributed by atoms with Crippen LogP contribution in [0.4, 0.5) is 0 Å². The molecule has 0 spiro atoms. The van der Waals surface area contributed by atoms with Crippen molar-refractivity contribution in [1.82, 2.24) is 4.98 Å². The van der Waals surface area contributed by atoms with Gasteiger partial charge in [-0.2, -0.15) is 0 Å². The number of nitrogens with zero attached hydrogens (tertiary/aromatic N) is 1. The number of ether oxygens (including phenoxy) is 1. The van der Waals surface area contributed by atoms with E-state index in [9.17, 15) is 4.79 Å². The number of benzene rings is 1. The molecule has 2 heterocycles. The number of hydrogen-bond donors (Lipinski definition) is 0. The van der Waals surface area contributed by atoms with Gasteiger partial charge in [0.1, 0.15) is 6.10 Å². The molecule has 18 heavy (non-hydrogen) atoms. The zero-order valence-corrected chi connectivity index (χ0v) is 10.7. The van der Waals surface area contributed by atoms with E-state index >= 15 is 0 Å². The molecule has 1 aromatic heterocycles. The van der Waals surface area contributed by atoms with Gasteiger partial charge in [-0.05, 0) is 17.5 Å². The smallest absolute Gasteiger partial charge is 0.172 e. The van der Waals surface area contributed by atoms with Crippen molar-refractivity contribution in [3.63, 3.8) is 0 Å². The summed E-state index contributed by atoms with van der Waals surface area (Å²) in [7, 11) is 0. The third-order valence-electron chi connectivity index (χ3n) is 3.09. The number of aromatic nitrogens is 1. The predicted molar refractivity (Wildman–Crippen MR) is 69.7 cm³/mol. The first kappa shape index (κ1) is 11.6. The van der Waals surface area contributed by atoms with Crippen molar-refractivity contribution in [2.45, 2.75) is 18.9 Å². The minimum atomic E-state index is -0.418. The Bertz CT molecular complexity index is 551. The molecule has 0 fully saturated rings. The van der Waals surface area contributed by atoms with Gasteiger partial charge in [0, 0.05) is 11.6 Å². The molecule has 0 amide bonds. The quantitative estimate of drug-likeness (QED) is 0.850. The van der Waals surface area contributed by atoms with Crippen molar-refractivity contribution in [2.24, 2.45) is 0 Å². The van der Waals surface area contributed by atoms with E-state index in [1.165, 1.54) is 16.9 Å². The first-order chi connectivity index (χ1) is 8.84. The van der Waals surface area contributed by atoms with Crippen molar-refractivity contribution >= 4 is 17.1 Å². The van der Waals surface area contributed by atoms with Crippen molar-refractivity contribution in [1.29, 1.82) is 0 Å². The fourth-order valence-electron chi connectivity index (χ4n) is 2.24. The lowest BCUT2D eigenvalue weighted by Gasteiger charge is -2.24. The molecule has 1 atom stereocenters. The minimum Gasteiger partial charge on any atom is -0.365 e. The van der Waals surface area contributed by atoms with Crippen LogP contribution in [0.3, 0.4) is 0 Å². The molecule has 0 aliphatic carbocycles. The van der Waals surface area contributed by atoms with Crippen LogP contribution in [0.25, 0.3) is 0 Å². The summed E-state index contributed by atoms with van der Waals surface area (Å²) in [6.07, 6.45) is 2.55. The Morgan fingerprint density at radius 1 is 1.44 bits per heavy atom. The zero-order chi connectivity index (χ0) is 12.4. The highest BCUT2D eigenvalue weighted by atomic mass is 32.1. The largest absolute Gasteiger partial charge is 0.365 e. The molecule has 1 aliphatic heterocycles. The monoisotopic (exact) mass is 259 g/mol. The van der Waals surface area contributed by atoms with Crippen LogP contribution in [0.2, 0.25) is 0 Å². The van der Waals surface area contributed by atoms with E-state index in [0.717, 1.165) is 17.0 Å². The standard InChI is InChI=1S/C14H13NO2S/c16-12(9-13-15-6-8-18-13)14-11-4-2-1-3-10(11)5-7-17-14/h1-4,6,8,14H,5,7,9H2. The second kappa shape index (κ2) is 5.00. The summed E-state index contributed by atoms with van der Waals surface area (Å²) in [4.78, 5) is 16.4. The Hall–Kier alpha value is -1.52. The van der Waals surface area contributed by atoms with Crippen LogP contribution in [-0.4, -0.2) is 17.4 Å². The van der Waals surface area contributed by atoms with Gasteiger partial charge in [0.2, 0.25) is 0 Å². The molecule has 0 N–H and O–H groups in total. The summed E-state index contributed by atoms with van der Waals surface area (Å²) >= 11 is 1.51. The van der Waals surface area contributed by atoms with Crippen molar-refractivity contribution < 1.29 is 9.53 Å². The van der Waals surface area contributed by atoms with Gasteiger partial charge >= 0.3 is 0 Å². The van der Waals surface area contributed by atoms with E-state index in [0.29, 0.717) is 13.0 Å². The summed E-state index contributed by atoms with van der Waals surface area (Å²) in [5.74, 6) is 0.0945. The van der Waals surface area contributed by atoms with E-state index in [4.69, 9.17) is 4.74 Å². The topological polar surface area (TPSA) is 39.2 Å². The van der Waals surface area contributed by atoms with Crippen molar-refractivity contribution in [3.05, 3.63) is 52.0 Å². The second-order valence-corrected chi connectivity index (χ2v) is 5.25. The maximum absolute atomic E-state index is 12.3. The first-order valence-corrected chi connectivity index (χ1v) is 6.83. The fraction of sp³-hybridized carbons (Fsp3) is 0.286. The molecule has 3 rings (SSSR count). The van der Waals surface area contributed by atoms with Crippen LogP contribution in [0.5, 0.6) is 0 Å². The van der Waals surface area contributed by atoms with E-state index in [1.807, 2.05) is 23.6 Å².